The number of amides is 1. The fourth-order valence-corrected chi connectivity index (χ4v) is 2.22. The van der Waals surface area contributed by atoms with Crippen molar-refractivity contribution in [3.8, 4) is 0 Å². The van der Waals surface area contributed by atoms with Crippen molar-refractivity contribution in [2.75, 3.05) is 13.1 Å². The van der Waals surface area contributed by atoms with E-state index in [0.29, 0.717) is 25.1 Å². The summed E-state index contributed by atoms with van der Waals surface area (Å²) < 4.78 is 37.7. The second-order valence-corrected chi connectivity index (χ2v) is 4.72. The number of carbonyl (C=O) groups is 1. The van der Waals surface area contributed by atoms with Gasteiger partial charge in [-0.25, -0.2) is 0 Å². The maximum absolute atomic E-state index is 12.6. The predicted molar refractivity (Wildman–Crippen MR) is 65.4 cm³/mol. The number of hydrogen-bond donors (Lipinski definition) is 0. The van der Waals surface area contributed by atoms with Crippen molar-refractivity contribution in [3.05, 3.63) is 48.0 Å². The molecule has 1 aliphatic heterocycles. The fourth-order valence-electron chi connectivity index (χ4n) is 2.22. The van der Waals surface area contributed by atoms with Crippen molar-refractivity contribution >= 4 is 5.91 Å². The first-order valence-corrected chi connectivity index (χ1v) is 5.97. The van der Waals surface area contributed by atoms with Crippen LogP contribution in [-0.4, -0.2) is 23.9 Å². The molecule has 0 radical (unpaired) electrons. The molecule has 0 N–H and O–H groups in total. The number of hydrogen-bond acceptors (Lipinski definition) is 1. The molecule has 0 bridgehead atoms. The van der Waals surface area contributed by atoms with E-state index in [1.54, 1.807) is 11.0 Å². The van der Waals surface area contributed by atoms with Gasteiger partial charge in [0.05, 0.1) is 5.56 Å². The quantitative estimate of drug-likeness (QED) is 0.773. The molecule has 0 aliphatic carbocycles. The second-order valence-electron chi connectivity index (χ2n) is 4.72. The van der Waals surface area contributed by atoms with Crippen LogP contribution in [0.3, 0.4) is 0 Å². The van der Waals surface area contributed by atoms with Gasteiger partial charge >= 0.3 is 6.18 Å². The Kier molecular flexibility index (Phi) is 3.64. The maximum Gasteiger partial charge on any atom is 0.416 e. The van der Waals surface area contributed by atoms with Crippen LogP contribution in [0.5, 0.6) is 0 Å². The van der Waals surface area contributed by atoms with Gasteiger partial charge in [0.2, 0.25) is 5.91 Å². The summed E-state index contributed by atoms with van der Waals surface area (Å²) in [6.45, 7) is 4.56. The molecular weight excluding hydrogens is 255 g/mol. The Balaban J connectivity index is 1.95. The number of carbonyl (C=O) groups excluding carboxylic acids is 1. The second kappa shape index (κ2) is 5.07. The summed E-state index contributed by atoms with van der Waals surface area (Å²) in [5, 5.41) is 0. The Labute approximate surface area is 109 Å². The molecule has 2 nitrogen and oxygen atoms in total. The Morgan fingerprint density at radius 1 is 1.42 bits per heavy atom. The Hall–Kier alpha value is -1.78. The van der Waals surface area contributed by atoms with Crippen LogP contribution in [0.4, 0.5) is 13.2 Å². The molecule has 1 amide bonds. The van der Waals surface area contributed by atoms with E-state index in [1.165, 1.54) is 18.2 Å². The molecule has 1 aliphatic rings. The molecule has 0 saturated carbocycles. The van der Waals surface area contributed by atoms with Crippen molar-refractivity contribution in [1.29, 1.82) is 0 Å². The minimum atomic E-state index is -4.31. The van der Waals surface area contributed by atoms with Gasteiger partial charge in [-0.3, -0.25) is 4.79 Å². The van der Waals surface area contributed by atoms with Gasteiger partial charge in [-0.15, -0.1) is 0 Å². The summed E-state index contributed by atoms with van der Waals surface area (Å²) in [7, 11) is 0. The summed E-state index contributed by atoms with van der Waals surface area (Å²) in [5.41, 5.74) is 0.0360. The lowest BCUT2D eigenvalue weighted by Crippen LogP contribution is -2.50. The zero-order valence-electron chi connectivity index (χ0n) is 10.3. The Morgan fingerprint density at radius 2 is 2.11 bits per heavy atom. The molecule has 1 fully saturated rings. The van der Waals surface area contributed by atoms with Gasteiger partial charge in [-0.1, -0.05) is 24.8 Å². The van der Waals surface area contributed by atoms with Gasteiger partial charge in [0.25, 0.3) is 0 Å². The van der Waals surface area contributed by atoms with Crippen LogP contribution in [0.1, 0.15) is 11.1 Å². The molecule has 0 spiro atoms. The van der Waals surface area contributed by atoms with Gasteiger partial charge in [-0.2, -0.15) is 13.2 Å². The third-order valence-electron chi connectivity index (χ3n) is 3.22. The number of alkyl halides is 3. The minimum absolute atomic E-state index is 0.125. The summed E-state index contributed by atoms with van der Waals surface area (Å²) >= 11 is 0. The molecule has 1 aromatic rings. The largest absolute Gasteiger partial charge is 0.416 e. The molecule has 2 rings (SSSR count). The molecule has 0 atom stereocenters. The molecule has 0 aromatic heterocycles. The lowest BCUT2D eigenvalue weighted by molar-refractivity contribution is -0.137. The van der Waals surface area contributed by atoms with E-state index >= 15 is 0 Å². The van der Waals surface area contributed by atoms with Gasteiger partial charge in [0.1, 0.15) is 0 Å². The monoisotopic (exact) mass is 269 g/mol. The van der Waals surface area contributed by atoms with Crippen molar-refractivity contribution in [2.24, 2.45) is 5.92 Å². The van der Waals surface area contributed by atoms with Gasteiger partial charge in [0, 0.05) is 13.1 Å². The van der Waals surface area contributed by atoms with Gasteiger partial charge < -0.3 is 4.90 Å². The number of benzene rings is 1. The number of halogens is 3. The zero-order chi connectivity index (χ0) is 14.0. The fraction of sp³-hybridized carbons (Fsp3) is 0.357. The van der Waals surface area contributed by atoms with Crippen LogP contribution in [0.15, 0.2) is 36.9 Å². The lowest BCUT2D eigenvalue weighted by Gasteiger charge is -2.38. The van der Waals surface area contributed by atoms with Crippen LogP contribution in [0, 0.1) is 5.92 Å². The normalized spacial score (nSPS) is 16.1. The lowest BCUT2D eigenvalue weighted by atomic mass is 9.91. The molecule has 1 heterocycles. The van der Waals surface area contributed by atoms with Crippen LogP contribution in [0.25, 0.3) is 0 Å². The highest BCUT2D eigenvalue weighted by Crippen LogP contribution is 2.30. The smallest absolute Gasteiger partial charge is 0.338 e. The topological polar surface area (TPSA) is 20.3 Å². The highest BCUT2D eigenvalue weighted by molar-refractivity contribution is 5.87. The van der Waals surface area contributed by atoms with Crippen molar-refractivity contribution in [3.63, 3.8) is 0 Å². The summed E-state index contributed by atoms with van der Waals surface area (Å²) in [5.74, 6) is 0.104. The molecule has 0 unspecified atom stereocenters. The first kappa shape index (κ1) is 13.6. The summed E-state index contributed by atoms with van der Waals surface area (Å²) in [6, 6.07) is 5.35. The van der Waals surface area contributed by atoms with E-state index in [0.717, 1.165) is 6.07 Å². The van der Waals surface area contributed by atoms with Crippen molar-refractivity contribution in [2.45, 2.75) is 12.6 Å². The summed E-state index contributed by atoms with van der Waals surface area (Å²) in [4.78, 5) is 12.9. The van der Waals surface area contributed by atoms with Crippen molar-refractivity contribution in [1.82, 2.24) is 4.90 Å². The first-order valence-electron chi connectivity index (χ1n) is 5.97. The molecular formula is C14H14F3NO. The van der Waals surface area contributed by atoms with E-state index in [9.17, 15) is 18.0 Å². The Morgan fingerprint density at radius 3 is 2.68 bits per heavy atom. The van der Waals surface area contributed by atoms with E-state index in [2.05, 4.69) is 6.58 Å². The van der Waals surface area contributed by atoms with Crippen LogP contribution in [-0.2, 0) is 17.4 Å². The average Bonchev–Trinajstić information content (AvgIpc) is 2.31. The average molecular weight is 269 g/mol. The highest BCUT2D eigenvalue weighted by Gasteiger charge is 2.32. The predicted octanol–water partition coefficient (Wildman–Crippen LogP) is 2.89. The van der Waals surface area contributed by atoms with Gasteiger partial charge in [-0.05, 0) is 30.0 Å². The van der Waals surface area contributed by atoms with Gasteiger partial charge in [0.15, 0.2) is 0 Å². The third-order valence-corrected chi connectivity index (χ3v) is 3.22. The van der Waals surface area contributed by atoms with Crippen LogP contribution < -0.4 is 0 Å². The van der Waals surface area contributed by atoms with E-state index in [4.69, 9.17) is 0 Å². The zero-order valence-corrected chi connectivity index (χ0v) is 10.3. The summed E-state index contributed by atoms with van der Waals surface area (Å²) in [6.07, 6.45) is -2.49. The number of rotatable bonds is 3. The van der Waals surface area contributed by atoms with E-state index in [-0.39, 0.29) is 11.8 Å². The van der Waals surface area contributed by atoms with E-state index < -0.39 is 11.7 Å². The molecule has 102 valence electrons. The molecule has 1 saturated heterocycles. The molecule has 5 heteroatoms. The Bertz CT molecular complexity index is 490. The maximum atomic E-state index is 12.6. The van der Waals surface area contributed by atoms with Crippen LogP contribution in [0.2, 0.25) is 0 Å². The number of nitrogens with zero attached hydrogens (tertiary/aromatic N) is 1. The van der Waals surface area contributed by atoms with Crippen LogP contribution >= 0.6 is 0 Å². The molecule has 19 heavy (non-hydrogen) atoms. The standard InChI is InChI=1S/C14H14F3NO/c1-2-13(19)18-8-11(9-18)6-10-4-3-5-12(7-10)14(15,16)17/h2-5,7,11H,1,6,8-9H2. The van der Waals surface area contributed by atoms with Crippen molar-refractivity contribution < 1.29 is 18.0 Å². The third kappa shape index (κ3) is 3.16. The number of likely N-dealkylation sites (tertiary alicyclic amines) is 1. The minimum Gasteiger partial charge on any atom is -0.338 e. The molecule has 1 aromatic carbocycles. The van der Waals surface area contributed by atoms with E-state index in [1.807, 2.05) is 0 Å². The SMILES string of the molecule is C=CC(=O)N1CC(Cc2cccc(C(F)(F)F)c2)C1. The first-order chi connectivity index (χ1) is 8.90. The highest BCUT2D eigenvalue weighted by atomic mass is 19.4.